The predicted octanol–water partition coefficient (Wildman–Crippen LogP) is 4.17. The van der Waals surface area contributed by atoms with Crippen molar-refractivity contribution in [1.82, 2.24) is 5.01 Å². The molecule has 9 heteroatoms. The van der Waals surface area contributed by atoms with Gasteiger partial charge in [0.15, 0.2) is 5.76 Å². The molecular weight excluding hydrogens is 421 g/mol. The van der Waals surface area contributed by atoms with Crippen molar-refractivity contribution in [3.05, 3.63) is 89.6 Å². The molecule has 0 spiro atoms. The SMILES string of the molecule is CCS(=O)(=O)Nc1ccc(C2=NN(C(=O)c3ccco3)C(c3ccc(F)cc3)C2)cc1. The number of nitrogens with one attached hydrogen (secondary N) is 1. The van der Waals surface area contributed by atoms with Gasteiger partial charge in [-0.15, -0.1) is 0 Å². The van der Waals surface area contributed by atoms with Gasteiger partial charge in [0.1, 0.15) is 5.82 Å². The van der Waals surface area contributed by atoms with E-state index in [-0.39, 0.29) is 17.3 Å². The zero-order valence-corrected chi connectivity index (χ0v) is 17.5. The van der Waals surface area contributed by atoms with E-state index in [9.17, 15) is 17.6 Å². The number of sulfonamides is 1. The summed E-state index contributed by atoms with van der Waals surface area (Å²) in [4.78, 5) is 13.0. The summed E-state index contributed by atoms with van der Waals surface area (Å²) >= 11 is 0. The summed E-state index contributed by atoms with van der Waals surface area (Å²) in [5.74, 6) is -0.634. The molecule has 0 saturated heterocycles. The van der Waals surface area contributed by atoms with Gasteiger partial charge in [0, 0.05) is 12.1 Å². The lowest BCUT2D eigenvalue weighted by Gasteiger charge is -2.21. The van der Waals surface area contributed by atoms with Crippen LogP contribution >= 0.6 is 0 Å². The summed E-state index contributed by atoms with van der Waals surface area (Å²) in [5, 5.41) is 5.87. The quantitative estimate of drug-likeness (QED) is 0.621. The number of furan rings is 1. The molecule has 2 heterocycles. The molecule has 7 nitrogen and oxygen atoms in total. The minimum absolute atomic E-state index is 0.0232. The van der Waals surface area contributed by atoms with Crippen molar-refractivity contribution in [3.8, 4) is 0 Å². The highest BCUT2D eigenvalue weighted by atomic mass is 32.2. The number of benzene rings is 2. The summed E-state index contributed by atoms with van der Waals surface area (Å²) in [5.41, 5.74) is 2.59. The fourth-order valence-electron chi connectivity index (χ4n) is 3.31. The van der Waals surface area contributed by atoms with E-state index in [4.69, 9.17) is 4.42 Å². The third-order valence-corrected chi connectivity index (χ3v) is 6.28. The molecule has 0 radical (unpaired) electrons. The Morgan fingerprint density at radius 3 is 2.48 bits per heavy atom. The molecule has 0 fully saturated rings. The fraction of sp³-hybridized carbons (Fsp3) is 0.182. The van der Waals surface area contributed by atoms with Gasteiger partial charge in [0.05, 0.1) is 23.8 Å². The van der Waals surface area contributed by atoms with Crippen molar-refractivity contribution in [1.29, 1.82) is 0 Å². The van der Waals surface area contributed by atoms with E-state index in [0.29, 0.717) is 17.8 Å². The van der Waals surface area contributed by atoms with Crippen LogP contribution in [0.15, 0.2) is 76.4 Å². The van der Waals surface area contributed by atoms with Crippen molar-refractivity contribution in [3.63, 3.8) is 0 Å². The molecule has 0 bridgehead atoms. The molecule has 160 valence electrons. The van der Waals surface area contributed by atoms with E-state index in [0.717, 1.165) is 11.1 Å². The number of halogens is 1. The summed E-state index contributed by atoms with van der Waals surface area (Å²) in [6.07, 6.45) is 1.83. The van der Waals surface area contributed by atoms with Crippen molar-refractivity contribution in [2.24, 2.45) is 5.10 Å². The molecule has 0 saturated carbocycles. The second-order valence-electron chi connectivity index (χ2n) is 7.03. The topological polar surface area (TPSA) is 92.0 Å². The van der Waals surface area contributed by atoms with E-state index in [2.05, 4.69) is 9.82 Å². The maximum absolute atomic E-state index is 13.4. The Morgan fingerprint density at radius 1 is 1.16 bits per heavy atom. The predicted molar refractivity (Wildman–Crippen MR) is 115 cm³/mol. The largest absolute Gasteiger partial charge is 0.459 e. The Kier molecular flexibility index (Phi) is 5.60. The van der Waals surface area contributed by atoms with Gasteiger partial charge in [-0.05, 0) is 54.4 Å². The molecule has 1 unspecified atom stereocenters. The summed E-state index contributed by atoms with van der Waals surface area (Å²) in [6.45, 7) is 1.56. The van der Waals surface area contributed by atoms with Gasteiger partial charge >= 0.3 is 5.91 Å². The Bertz CT molecular complexity index is 1200. The normalized spacial score (nSPS) is 16.3. The van der Waals surface area contributed by atoms with Crippen LogP contribution in [0.4, 0.5) is 10.1 Å². The molecule has 1 aliphatic rings. The maximum atomic E-state index is 13.4. The average molecular weight is 441 g/mol. The van der Waals surface area contributed by atoms with Crippen molar-refractivity contribution >= 4 is 27.3 Å². The monoisotopic (exact) mass is 441 g/mol. The van der Waals surface area contributed by atoms with Gasteiger partial charge in [-0.25, -0.2) is 17.8 Å². The number of nitrogens with zero attached hydrogens (tertiary/aromatic N) is 2. The van der Waals surface area contributed by atoms with Crippen molar-refractivity contribution < 1.29 is 22.0 Å². The zero-order valence-electron chi connectivity index (χ0n) is 16.7. The molecule has 2 aromatic carbocycles. The lowest BCUT2D eigenvalue weighted by Crippen LogP contribution is -2.26. The van der Waals surface area contributed by atoms with Crippen LogP contribution in [0.25, 0.3) is 0 Å². The molecule has 0 aliphatic carbocycles. The number of hydrazone groups is 1. The van der Waals surface area contributed by atoms with E-state index in [1.165, 1.54) is 23.4 Å². The second kappa shape index (κ2) is 8.35. The van der Waals surface area contributed by atoms with E-state index in [1.807, 2.05) is 0 Å². The van der Waals surface area contributed by atoms with Crippen LogP contribution in [-0.2, 0) is 10.0 Å². The number of rotatable bonds is 6. The average Bonchev–Trinajstić information content (AvgIpc) is 3.45. The maximum Gasteiger partial charge on any atom is 0.310 e. The van der Waals surface area contributed by atoms with Gasteiger partial charge in [-0.3, -0.25) is 9.52 Å². The smallest absolute Gasteiger partial charge is 0.310 e. The Hall–Kier alpha value is -3.46. The molecule has 1 N–H and O–H groups in total. The lowest BCUT2D eigenvalue weighted by molar-refractivity contribution is 0.0678. The minimum atomic E-state index is -3.37. The number of carbonyl (C=O) groups excluding carboxylic acids is 1. The fourth-order valence-corrected chi connectivity index (χ4v) is 3.95. The highest BCUT2D eigenvalue weighted by molar-refractivity contribution is 7.92. The lowest BCUT2D eigenvalue weighted by atomic mass is 9.98. The van der Waals surface area contributed by atoms with Gasteiger partial charge in [-0.2, -0.15) is 5.10 Å². The minimum Gasteiger partial charge on any atom is -0.459 e. The molecule has 1 atom stereocenters. The number of anilines is 1. The third kappa shape index (κ3) is 4.51. The summed E-state index contributed by atoms with van der Waals surface area (Å²) < 4.78 is 44.6. The molecule has 3 aromatic rings. The number of hydrogen-bond donors (Lipinski definition) is 1. The van der Waals surface area contributed by atoms with E-state index < -0.39 is 22.0 Å². The van der Waals surface area contributed by atoms with Crippen molar-refractivity contribution in [2.45, 2.75) is 19.4 Å². The van der Waals surface area contributed by atoms with Gasteiger partial charge in [0.25, 0.3) is 0 Å². The zero-order chi connectivity index (χ0) is 22.0. The molecular formula is C22H20FN3O4S. The Morgan fingerprint density at radius 2 is 1.87 bits per heavy atom. The van der Waals surface area contributed by atoms with Gasteiger partial charge < -0.3 is 4.42 Å². The first-order chi connectivity index (χ1) is 14.9. The molecule has 4 rings (SSSR count). The third-order valence-electron chi connectivity index (χ3n) is 4.98. The number of carbonyl (C=O) groups is 1. The van der Waals surface area contributed by atoms with E-state index >= 15 is 0 Å². The molecule has 31 heavy (non-hydrogen) atoms. The van der Waals surface area contributed by atoms with Crippen LogP contribution in [0.2, 0.25) is 0 Å². The van der Waals surface area contributed by atoms with Crippen LogP contribution in [0.5, 0.6) is 0 Å². The highest BCUT2D eigenvalue weighted by Crippen LogP contribution is 2.34. The van der Waals surface area contributed by atoms with Crippen LogP contribution < -0.4 is 4.72 Å². The summed E-state index contributed by atoms with van der Waals surface area (Å²) in [6, 6.07) is 15.5. The Labute approximate surface area is 179 Å². The number of amides is 1. The van der Waals surface area contributed by atoms with Crippen LogP contribution in [-0.4, -0.2) is 30.8 Å². The first kappa shape index (κ1) is 20.8. The van der Waals surface area contributed by atoms with Crippen molar-refractivity contribution in [2.75, 3.05) is 10.5 Å². The van der Waals surface area contributed by atoms with Crippen LogP contribution in [0.1, 0.15) is 41.1 Å². The number of hydrogen-bond acceptors (Lipinski definition) is 5. The second-order valence-corrected chi connectivity index (χ2v) is 9.04. The molecule has 1 amide bonds. The van der Waals surface area contributed by atoms with Crippen LogP contribution in [0, 0.1) is 5.82 Å². The molecule has 1 aromatic heterocycles. The Balaban J connectivity index is 1.64. The first-order valence-corrected chi connectivity index (χ1v) is 11.3. The standard InChI is InChI=1S/C22H20FN3O4S/c1-2-31(28,29)25-18-11-7-15(8-12-18)19-14-20(16-5-9-17(23)10-6-16)26(24-19)22(27)21-4-3-13-30-21/h3-13,20,25H,2,14H2,1H3. The van der Waals surface area contributed by atoms with Gasteiger partial charge in [-0.1, -0.05) is 24.3 Å². The van der Waals surface area contributed by atoms with Crippen LogP contribution in [0.3, 0.4) is 0 Å². The van der Waals surface area contributed by atoms with E-state index in [1.54, 1.807) is 55.5 Å². The van der Waals surface area contributed by atoms with Gasteiger partial charge in [0.2, 0.25) is 10.0 Å². The summed E-state index contributed by atoms with van der Waals surface area (Å²) in [7, 11) is -3.37. The first-order valence-electron chi connectivity index (χ1n) is 9.67. The molecule has 1 aliphatic heterocycles. The highest BCUT2D eigenvalue weighted by Gasteiger charge is 2.34.